The van der Waals surface area contributed by atoms with E-state index in [-0.39, 0.29) is 17.2 Å². The van der Waals surface area contributed by atoms with Crippen LogP contribution in [-0.4, -0.2) is 42.4 Å². The number of hydrogen-bond acceptors (Lipinski definition) is 4. The Morgan fingerprint density at radius 3 is 2.43 bits per heavy atom. The Kier molecular flexibility index (Phi) is 4.39. The fourth-order valence-corrected chi connectivity index (χ4v) is 3.78. The molecule has 5 heteroatoms. The summed E-state index contributed by atoms with van der Waals surface area (Å²) in [5.41, 5.74) is 0.751. The normalized spacial score (nSPS) is 20.0. The average Bonchev–Trinajstić information content (AvgIpc) is 3.09. The Labute approximate surface area is 137 Å². The zero-order valence-electron chi connectivity index (χ0n) is 13.9. The summed E-state index contributed by atoms with van der Waals surface area (Å²) in [5, 5.41) is 0. The molecule has 0 atom stereocenters. The number of benzene rings is 1. The Balaban J connectivity index is 1.61. The topological polar surface area (TPSA) is 49.9 Å². The van der Waals surface area contributed by atoms with E-state index in [9.17, 15) is 9.59 Å². The summed E-state index contributed by atoms with van der Waals surface area (Å²) < 4.78 is 5.15. The molecule has 0 unspecified atom stereocenters. The molecule has 1 saturated carbocycles. The molecule has 1 saturated heterocycles. The van der Waals surface area contributed by atoms with E-state index in [0.29, 0.717) is 19.6 Å². The number of imide groups is 1. The van der Waals surface area contributed by atoms with Gasteiger partial charge >= 0.3 is 0 Å². The van der Waals surface area contributed by atoms with Crippen molar-refractivity contribution in [3.8, 4) is 5.75 Å². The first kappa shape index (κ1) is 16.0. The van der Waals surface area contributed by atoms with E-state index < -0.39 is 0 Å². The number of carbonyl (C=O) groups excluding carboxylic acids is 2. The molecule has 0 N–H and O–H groups in total. The van der Waals surface area contributed by atoms with Crippen LogP contribution in [0.2, 0.25) is 0 Å². The predicted molar refractivity (Wildman–Crippen MR) is 86.7 cm³/mol. The van der Waals surface area contributed by atoms with Gasteiger partial charge in [0.25, 0.3) is 0 Å². The minimum atomic E-state index is -0.377. The summed E-state index contributed by atoms with van der Waals surface area (Å²) in [6.45, 7) is 1.06. The number of rotatable bonds is 5. The number of amides is 2. The van der Waals surface area contributed by atoms with Crippen LogP contribution in [0.25, 0.3) is 0 Å². The van der Waals surface area contributed by atoms with Crippen molar-refractivity contribution in [1.82, 2.24) is 9.80 Å². The molecule has 1 heterocycles. The molecule has 2 amide bonds. The number of ether oxygens (including phenoxy) is 1. The molecule has 1 aliphatic heterocycles. The van der Waals surface area contributed by atoms with Crippen LogP contribution in [0.5, 0.6) is 5.75 Å². The van der Waals surface area contributed by atoms with Crippen molar-refractivity contribution in [2.75, 3.05) is 20.8 Å². The highest BCUT2D eigenvalue weighted by molar-refractivity contribution is 6.06. The average molecular weight is 316 g/mol. The molecule has 5 nitrogen and oxygen atoms in total. The van der Waals surface area contributed by atoms with E-state index in [1.54, 1.807) is 7.11 Å². The molecule has 1 spiro atoms. The number of likely N-dealkylation sites (tertiary alicyclic amines) is 1. The summed E-state index contributed by atoms with van der Waals surface area (Å²) in [6.07, 6.45) is 4.28. The van der Waals surface area contributed by atoms with Crippen molar-refractivity contribution in [3.63, 3.8) is 0 Å². The van der Waals surface area contributed by atoms with Crippen molar-refractivity contribution in [2.24, 2.45) is 5.41 Å². The maximum Gasteiger partial charge on any atom is 0.237 e. The lowest BCUT2D eigenvalue weighted by Crippen LogP contribution is -2.41. The van der Waals surface area contributed by atoms with Gasteiger partial charge in [-0.15, -0.1) is 0 Å². The van der Waals surface area contributed by atoms with E-state index in [4.69, 9.17) is 4.74 Å². The largest absolute Gasteiger partial charge is 0.497 e. The summed E-state index contributed by atoms with van der Waals surface area (Å²) in [7, 11) is 3.58. The van der Waals surface area contributed by atoms with Gasteiger partial charge in [0.05, 0.1) is 19.2 Å². The van der Waals surface area contributed by atoms with E-state index in [1.807, 2.05) is 36.2 Å². The third-order valence-electron chi connectivity index (χ3n) is 5.04. The fourth-order valence-electron chi connectivity index (χ4n) is 3.78. The molecule has 2 fully saturated rings. The lowest BCUT2D eigenvalue weighted by atomic mass is 9.85. The summed E-state index contributed by atoms with van der Waals surface area (Å²) in [5.74, 6) is 0.851. The molecule has 0 radical (unpaired) electrons. The summed E-state index contributed by atoms with van der Waals surface area (Å²) in [4.78, 5) is 28.4. The first-order chi connectivity index (χ1) is 11.0. The molecular formula is C18H24N2O3. The van der Waals surface area contributed by atoms with E-state index in [0.717, 1.165) is 37.0 Å². The smallest absolute Gasteiger partial charge is 0.237 e. The van der Waals surface area contributed by atoms with Crippen molar-refractivity contribution in [2.45, 2.75) is 38.6 Å². The molecule has 2 aliphatic rings. The van der Waals surface area contributed by atoms with Crippen LogP contribution >= 0.6 is 0 Å². The Hall–Kier alpha value is -1.88. The van der Waals surface area contributed by atoms with Gasteiger partial charge in [0.1, 0.15) is 5.75 Å². The Morgan fingerprint density at radius 2 is 1.83 bits per heavy atom. The third kappa shape index (κ3) is 3.11. The van der Waals surface area contributed by atoms with Gasteiger partial charge in [-0.25, -0.2) is 0 Å². The van der Waals surface area contributed by atoms with Crippen LogP contribution in [0.1, 0.15) is 37.7 Å². The molecule has 1 aliphatic carbocycles. The molecule has 23 heavy (non-hydrogen) atoms. The van der Waals surface area contributed by atoms with Gasteiger partial charge in [-0.2, -0.15) is 0 Å². The van der Waals surface area contributed by atoms with E-state index >= 15 is 0 Å². The van der Waals surface area contributed by atoms with Crippen LogP contribution in [-0.2, 0) is 16.1 Å². The minimum Gasteiger partial charge on any atom is -0.497 e. The lowest BCUT2D eigenvalue weighted by Gasteiger charge is -2.25. The number of carbonyl (C=O) groups is 2. The van der Waals surface area contributed by atoms with Crippen LogP contribution in [0.15, 0.2) is 24.3 Å². The summed E-state index contributed by atoms with van der Waals surface area (Å²) in [6, 6.07) is 7.84. The highest BCUT2D eigenvalue weighted by Gasteiger charge is 2.52. The SMILES string of the molecule is COc1ccc(CN(C)CN2C(=O)CC3(CCCC3)C2=O)cc1. The van der Waals surface area contributed by atoms with Crippen LogP contribution < -0.4 is 4.74 Å². The number of methoxy groups -OCH3 is 1. The maximum atomic E-state index is 12.7. The Bertz CT molecular complexity index is 591. The molecular weight excluding hydrogens is 292 g/mol. The maximum absolute atomic E-state index is 12.7. The van der Waals surface area contributed by atoms with E-state index in [2.05, 4.69) is 0 Å². The molecule has 0 bridgehead atoms. The van der Waals surface area contributed by atoms with Gasteiger partial charge in [-0.3, -0.25) is 19.4 Å². The fraction of sp³-hybridized carbons (Fsp3) is 0.556. The highest BCUT2D eigenvalue weighted by Crippen LogP contribution is 2.46. The van der Waals surface area contributed by atoms with Crippen LogP contribution in [0.3, 0.4) is 0 Å². The molecule has 1 aromatic rings. The van der Waals surface area contributed by atoms with E-state index in [1.165, 1.54) is 4.90 Å². The van der Waals surface area contributed by atoms with Gasteiger partial charge in [0, 0.05) is 13.0 Å². The second kappa shape index (κ2) is 6.32. The van der Waals surface area contributed by atoms with Crippen LogP contribution in [0, 0.1) is 5.41 Å². The third-order valence-corrected chi connectivity index (χ3v) is 5.04. The first-order valence-electron chi connectivity index (χ1n) is 8.20. The van der Waals surface area contributed by atoms with Gasteiger partial charge in [0.2, 0.25) is 11.8 Å². The van der Waals surface area contributed by atoms with Crippen molar-refractivity contribution in [3.05, 3.63) is 29.8 Å². The molecule has 3 rings (SSSR count). The lowest BCUT2D eigenvalue weighted by molar-refractivity contribution is -0.143. The first-order valence-corrected chi connectivity index (χ1v) is 8.20. The molecule has 124 valence electrons. The predicted octanol–water partition coefficient (Wildman–Crippen LogP) is 2.40. The highest BCUT2D eigenvalue weighted by atomic mass is 16.5. The minimum absolute atomic E-state index is 0.0153. The van der Waals surface area contributed by atoms with Crippen LogP contribution in [0.4, 0.5) is 0 Å². The second-order valence-corrected chi connectivity index (χ2v) is 6.79. The molecule has 0 aromatic heterocycles. The summed E-state index contributed by atoms with van der Waals surface area (Å²) >= 11 is 0. The van der Waals surface area contributed by atoms with Gasteiger partial charge in [0.15, 0.2) is 0 Å². The quantitative estimate of drug-likeness (QED) is 0.783. The van der Waals surface area contributed by atoms with Gasteiger partial charge in [-0.05, 0) is 37.6 Å². The number of nitrogens with zero attached hydrogens (tertiary/aromatic N) is 2. The van der Waals surface area contributed by atoms with Gasteiger partial charge < -0.3 is 4.74 Å². The number of hydrogen-bond donors (Lipinski definition) is 0. The monoisotopic (exact) mass is 316 g/mol. The van der Waals surface area contributed by atoms with Crippen molar-refractivity contribution < 1.29 is 14.3 Å². The second-order valence-electron chi connectivity index (χ2n) is 6.79. The van der Waals surface area contributed by atoms with Crippen molar-refractivity contribution in [1.29, 1.82) is 0 Å². The molecule has 1 aromatic carbocycles. The van der Waals surface area contributed by atoms with Gasteiger partial charge in [-0.1, -0.05) is 25.0 Å². The standard InChI is InChI=1S/C18H24N2O3/c1-19(12-14-5-7-15(23-2)8-6-14)13-20-16(21)11-18(17(20)22)9-3-4-10-18/h5-8H,3-4,9-13H2,1-2H3. The Morgan fingerprint density at radius 1 is 1.17 bits per heavy atom. The zero-order chi connectivity index (χ0) is 16.4. The zero-order valence-corrected chi connectivity index (χ0v) is 13.9. The van der Waals surface area contributed by atoms with Crippen molar-refractivity contribution >= 4 is 11.8 Å².